The molecular formula is C10H11O3Ru. The van der Waals surface area contributed by atoms with E-state index in [-0.39, 0.29) is 61.5 Å². The van der Waals surface area contributed by atoms with Gasteiger partial charge in [-0.25, -0.2) is 0 Å². The molecule has 0 N–H and O–H groups in total. The molecule has 3 aliphatic rings. The van der Waals surface area contributed by atoms with Crippen LogP contribution in [0, 0.1) is 24.2 Å². The number of rotatable bonds is 0. The fourth-order valence-corrected chi connectivity index (χ4v) is 2.96. The number of ketones is 2. The molecule has 3 fully saturated rings. The summed E-state index contributed by atoms with van der Waals surface area (Å²) in [5, 5.41) is 0. The van der Waals surface area contributed by atoms with Gasteiger partial charge in [0.05, 0.1) is 12.3 Å². The van der Waals surface area contributed by atoms with E-state index in [0.717, 1.165) is 0 Å². The van der Waals surface area contributed by atoms with Crippen LogP contribution in [0.1, 0.15) is 13.3 Å². The fraction of sp³-hybridized carbons (Fsp3) is 0.700. The van der Waals surface area contributed by atoms with Crippen LogP contribution in [0.2, 0.25) is 0 Å². The number of ether oxygens (including phenoxy) is 1. The molecule has 0 aromatic rings. The Bertz CT molecular complexity index is 302. The van der Waals surface area contributed by atoms with Gasteiger partial charge in [-0.2, -0.15) is 0 Å². The molecule has 2 aliphatic heterocycles. The number of carbonyl (C=O) groups excluding carboxylic acids is 2. The Balaban J connectivity index is 0.000000750. The van der Waals surface area contributed by atoms with Crippen molar-refractivity contribution in [2.45, 2.75) is 25.6 Å². The molecule has 0 amide bonds. The van der Waals surface area contributed by atoms with E-state index < -0.39 is 0 Å². The van der Waals surface area contributed by atoms with Gasteiger partial charge in [0.25, 0.3) is 0 Å². The van der Waals surface area contributed by atoms with E-state index in [1.54, 1.807) is 0 Å². The van der Waals surface area contributed by atoms with Crippen molar-refractivity contribution in [1.82, 2.24) is 0 Å². The van der Waals surface area contributed by atoms with Gasteiger partial charge in [0.2, 0.25) is 0 Å². The van der Waals surface area contributed by atoms with Crippen molar-refractivity contribution in [3.05, 3.63) is 6.42 Å². The van der Waals surface area contributed by atoms with Gasteiger partial charge in [0.1, 0.15) is 11.6 Å². The molecule has 0 aromatic heterocycles. The van der Waals surface area contributed by atoms with Crippen molar-refractivity contribution in [3.8, 4) is 0 Å². The minimum atomic E-state index is -0.131. The molecule has 1 radical (unpaired) electrons. The smallest absolute Gasteiger partial charge is 0.408 e. The van der Waals surface area contributed by atoms with Gasteiger partial charge in [-0.05, 0) is 0 Å². The van der Waals surface area contributed by atoms with Crippen LogP contribution in [-0.2, 0) is 33.8 Å². The second-order valence-corrected chi connectivity index (χ2v) is 4.28. The maximum Gasteiger partial charge on any atom is 1.00 e. The van der Waals surface area contributed by atoms with E-state index >= 15 is 0 Å². The molecule has 2 heterocycles. The molecule has 3 rings (SSSR count). The molecule has 0 spiro atoms. The summed E-state index contributed by atoms with van der Waals surface area (Å²) in [6.07, 6.45) is 2.15. The van der Waals surface area contributed by atoms with E-state index in [4.69, 9.17) is 4.74 Å². The van der Waals surface area contributed by atoms with Gasteiger partial charge in [-0.3, -0.25) is 16.0 Å². The Morgan fingerprint density at radius 2 is 1.93 bits per heavy atom. The number of fused-ring (bicyclic) bond motifs is 5. The number of Topliss-reactive ketones (excluding diaryl/α,β-unsaturated/α-hetero) is 2. The van der Waals surface area contributed by atoms with Gasteiger partial charge >= 0.3 is 19.5 Å². The summed E-state index contributed by atoms with van der Waals surface area (Å²) in [6, 6.07) is 0. The predicted octanol–water partition coefficient (Wildman–Crippen LogP) is 0.380. The second-order valence-electron chi connectivity index (χ2n) is 4.28. The average Bonchev–Trinajstić information content (AvgIpc) is 2.64. The fourth-order valence-electron chi connectivity index (χ4n) is 2.96. The first kappa shape index (κ1) is 10.4. The van der Waals surface area contributed by atoms with Crippen LogP contribution in [-0.4, -0.2) is 23.8 Å². The van der Waals surface area contributed by atoms with Crippen molar-refractivity contribution >= 4 is 11.6 Å². The van der Waals surface area contributed by atoms with E-state index in [9.17, 15) is 9.59 Å². The molecule has 3 nitrogen and oxygen atoms in total. The second kappa shape index (κ2) is 3.21. The largest absolute Gasteiger partial charge is 1.00 e. The van der Waals surface area contributed by atoms with E-state index in [2.05, 4.69) is 13.3 Å². The van der Waals surface area contributed by atoms with Crippen LogP contribution in [0.3, 0.4) is 0 Å². The summed E-state index contributed by atoms with van der Waals surface area (Å²) in [4.78, 5) is 22.9. The van der Waals surface area contributed by atoms with Crippen LogP contribution >= 0.6 is 0 Å². The Labute approximate surface area is 95.3 Å². The Kier molecular flexibility index (Phi) is 2.39. The third kappa shape index (κ3) is 1.10. The Hall–Kier alpha value is -0.0766. The molecule has 5 atom stereocenters. The zero-order valence-corrected chi connectivity index (χ0v) is 9.49. The van der Waals surface area contributed by atoms with Crippen molar-refractivity contribution in [2.75, 3.05) is 0 Å². The van der Waals surface area contributed by atoms with Crippen molar-refractivity contribution in [2.24, 2.45) is 17.8 Å². The SMILES string of the molecule is CC1[CH-]C2OC1C1C(=O)CC(=O)C21.[Ru+]. The number of carbonyl (C=O) groups is 2. The number of hydrogen-bond donors (Lipinski definition) is 0. The first-order valence-electron chi connectivity index (χ1n) is 4.74. The Morgan fingerprint density at radius 1 is 1.29 bits per heavy atom. The zero-order chi connectivity index (χ0) is 9.16. The van der Waals surface area contributed by atoms with E-state index in [0.29, 0.717) is 5.92 Å². The molecule has 2 saturated heterocycles. The number of hydrogen-bond acceptors (Lipinski definition) is 3. The van der Waals surface area contributed by atoms with Gasteiger partial charge < -0.3 is 4.74 Å². The standard InChI is InChI=1S/C10H11O3.Ru/c1-4-2-7-8-5(11)3-6(12)9(8)10(4)13-7;/h2,4,7-10H,3H2,1H3;/q-1;+1. The van der Waals surface area contributed by atoms with Crippen molar-refractivity contribution in [1.29, 1.82) is 0 Å². The first-order valence-corrected chi connectivity index (χ1v) is 4.74. The van der Waals surface area contributed by atoms with Crippen LogP contribution in [0.15, 0.2) is 0 Å². The molecule has 5 unspecified atom stereocenters. The summed E-state index contributed by atoms with van der Waals surface area (Å²) >= 11 is 0. The molecular weight excluding hydrogens is 269 g/mol. The van der Waals surface area contributed by atoms with Crippen LogP contribution in [0.25, 0.3) is 0 Å². The van der Waals surface area contributed by atoms with Crippen LogP contribution < -0.4 is 0 Å². The molecule has 1 aliphatic carbocycles. The minimum Gasteiger partial charge on any atom is -0.408 e. The molecule has 2 bridgehead atoms. The topological polar surface area (TPSA) is 43.4 Å². The monoisotopic (exact) mass is 281 g/mol. The summed E-state index contributed by atoms with van der Waals surface area (Å²) in [5.41, 5.74) is 0. The maximum atomic E-state index is 11.5. The summed E-state index contributed by atoms with van der Waals surface area (Å²) in [6.45, 7) is 2.05. The first-order chi connectivity index (χ1) is 6.18. The zero-order valence-electron chi connectivity index (χ0n) is 7.75. The van der Waals surface area contributed by atoms with Crippen LogP contribution in [0.5, 0.6) is 0 Å². The van der Waals surface area contributed by atoms with Gasteiger partial charge in [-0.1, -0.05) is 13.0 Å². The van der Waals surface area contributed by atoms with Crippen molar-refractivity contribution in [3.63, 3.8) is 0 Å². The summed E-state index contributed by atoms with van der Waals surface area (Å²) < 4.78 is 5.60. The predicted molar refractivity (Wildman–Crippen MR) is 43.7 cm³/mol. The Morgan fingerprint density at radius 3 is 2.64 bits per heavy atom. The molecule has 77 valence electrons. The van der Waals surface area contributed by atoms with E-state index in [1.807, 2.05) is 0 Å². The van der Waals surface area contributed by atoms with E-state index in [1.165, 1.54) is 0 Å². The van der Waals surface area contributed by atoms with Gasteiger partial charge in [-0.15, -0.1) is 5.92 Å². The third-order valence-corrected chi connectivity index (χ3v) is 3.51. The summed E-state index contributed by atoms with van der Waals surface area (Å²) in [5.74, 6) is 0.278. The van der Waals surface area contributed by atoms with Gasteiger partial charge in [0.15, 0.2) is 0 Å². The summed E-state index contributed by atoms with van der Waals surface area (Å²) in [7, 11) is 0. The molecule has 0 aromatic carbocycles. The normalized spacial score (nSPS) is 49.4. The quantitative estimate of drug-likeness (QED) is 0.366. The molecule has 14 heavy (non-hydrogen) atoms. The molecule has 4 heteroatoms. The third-order valence-electron chi connectivity index (χ3n) is 3.51. The average molecular weight is 280 g/mol. The van der Waals surface area contributed by atoms with Crippen molar-refractivity contribution < 1.29 is 33.8 Å². The van der Waals surface area contributed by atoms with Gasteiger partial charge in [0, 0.05) is 12.0 Å². The minimum absolute atomic E-state index is 0. The molecule has 1 saturated carbocycles. The van der Waals surface area contributed by atoms with Crippen LogP contribution in [0.4, 0.5) is 0 Å². The maximum absolute atomic E-state index is 11.5.